The van der Waals surface area contributed by atoms with Gasteiger partial charge in [0.05, 0.1) is 17.2 Å². The van der Waals surface area contributed by atoms with Crippen molar-refractivity contribution in [1.82, 2.24) is 4.31 Å². The Morgan fingerprint density at radius 1 is 1.22 bits per heavy atom. The smallest absolute Gasteiger partial charge is 0.370 e. The number of halogens is 1. The first-order chi connectivity index (χ1) is 17.2. The highest BCUT2D eigenvalue weighted by molar-refractivity contribution is 7.98. The summed E-state index contributed by atoms with van der Waals surface area (Å²) in [5.74, 6) is -1.60. The molecule has 1 aliphatic heterocycles. The van der Waals surface area contributed by atoms with Crippen molar-refractivity contribution in [1.29, 1.82) is 0 Å². The fourth-order valence-corrected chi connectivity index (χ4v) is 7.11. The monoisotopic (exact) mass is 542 g/mol. The number of unbranched alkanes of at least 4 members (excludes halogenated alkanes) is 1. The molecule has 7 nitrogen and oxygen atoms in total. The van der Waals surface area contributed by atoms with Crippen LogP contribution in [0.1, 0.15) is 65.2 Å². The fourth-order valence-electron chi connectivity index (χ4n) is 4.99. The van der Waals surface area contributed by atoms with Crippen molar-refractivity contribution in [3.63, 3.8) is 0 Å². The van der Waals surface area contributed by atoms with Crippen LogP contribution in [-0.4, -0.2) is 57.7 Å². The molecule has 0 aromatic heterocycles. The van der Waals surface area contributed by atoms with Crippen LogP contribution in [0.3, 0.4) is 0 Å². The maximum atomic E-state index is 14.1. The molecule has 2 aliphatic rings. The molecule has 1 heterocycles. The SMILES string of the molecule is CCCC[C@@H]1CN(CC2CCCCC2)c2cc(SC)c(O/C=C(\F)C(=O)OCC)cc2S(=O)(=O)N1C. The number of anilines is 1. The molecule has 0 amide bonds. The number of sulfonamides is 1. The van der Waals surface area contributed by atoms with Gasteiger partial charge in [-0.2, -0.15) is 8.70 Å². The zero-order valence-electron chi connectivity index (χ0n) is 21.8. The van der Waals surface area contributed by atoms with Crippen molar-refractivity contribution < 1.29 is 27.1 Å². The lowest BCUT2D eigenvalue weighted by molar-refractivity contribution is -0.140. The second kappa shape index (κ2) is 13.1. The Labute approximate surface area is 219 Å². The van der Waals surface area contributed by atoms with Crippen molar-refractivity contribution in [2.24, 2.45) is 5.92 Å². The third kappa shape index (κ3) is 6.75. The Morgan fingerprint density at radius 3 is 2.58 bits per heavy atom. The zero-order chi connectivity index (χ0) is 26.3. The van der Waals surface area contributed by atoms with E-state index in [2.05, 4.69) is 16.6 Å². The molecule has 1 atom stereocenters. The second-order valence-corrected chi connectivity index (χ2v) is 12.3. The Hall–Kier alpha value is -1.78. The van der Waals surface area contributed by atoms with E-state index in [-0.39, 0.29) is 23.3 Å². The van der Waals surface area contributed by atoms with Crippen LogP contribution in [0.15, 0.2) is 34.0 Å². The number of benzene rings is 1. The number of thioether (sulfide) groups is 1. The van der Waals surface area contributed by atoms with E-state index in [1.165, 1.54) is 41.4 Å². The lowest BCUT2D eigenvalue weighted by atomic mass is 9.88. The van der Waals surface area contributed by atoms with Crippen LogP contribution in [0.4, 0.5) is 10.1 Å². The molecule has 10 heteroatoms. The lowest BCUT2D eigenvalue weighted by Gasteiger charge is -2.33. The highest BCUT2D eigenvalue weighted by Crippen LogP contribution is 2.42. The number of nitrogens with zero attached hydrogens (tertiary/aromatic N) is 2. The van der Waals surface area contributed by atoms with Gasteiger partial charge in [-0.05, 0) is 44.4 Å². The second-order valence-electron chi connectivity index (χ2n) is 9.50. The summed E-state index contributed by atoms with van der Waals surface area (Å²) in [5.41, 5.74) is 0.665. The minimum Gasteiger partial charge on any atom is -0.461 e. The third-order valence-electron chi connectivity index (χ3n) is 7.04. The van der Waals surface area contributed by atoms with E-state index in [1.54, 1.807) is 14.0 Å². The van der Waals surface area contributed by atoms with Gasteiger partial charge in [0.1, 0.15) is 16.9 Å². The molecule has 0 bridgehead atoms. The number of carbonyl (C=O) groups is 1. The Kier molecular flexibility index (Phi) is 10.5. The predicted octanol–water partition coefficient (Wildman–Crippen LogP) is 5.74. The number of likely N-dealkylation sites (N-methyl/N-ethyl adjacent to an activating group) is 1. The molecule has 0 saturated heterocycles. The normalized spacial score (nSPS) is 21.1. The number of rotatable bonds is 10. The number of fused-ring (bicyclic) bond motifs is 1. The van der Waals surface area contributed by atoms with E-state index < -0.39 is 21.8 Å². The maximum Gasteiger partial charge on any atom is 0.370 e. The number of carbonyl (C=O) groups excluding carboxylic acids is 1. The van der Waals surface area contributed by atoms with E-state index in [4.69, 9.17) is 4.74 Å². The summed E-state index contributed by atoms with van der Waals surface area (Å²) in [5, 5.41) is 0. The molecule has 3 rings (SSSR count). The van der Waals surface area contributed by atoms with Crippen LogP contribution in [0.5, 0.6) is 5.75 Å². The minimum absolute atomic E-state index is 0.0373. The molecule has 1 aromatic carbocycles. The first-order valence-corrected chi connectivity index (χ1v) is 15.5. The van der Waals surface area contributed by atoms with Gasteiger partial charge in [-0.3, -0.25) is 0 Å². The standard InChI is InChI=1S/C26H39FN2O5S2/c1-5-7-13-20-17-29(16-19-11-9-8-10-12-19)22-14-24(35-4)23(15-25(22)36(31,32)28(20)3)34-18-21(27)26(30)33-6-2/h14-15,18-20H,5-13,16-17H2,1-4H3/b21-18-/t20-/m1/s1. The molecule has 1 fully saturated rings. The highest BCUT2D eigenvalue weighted by Gasteiger charge is 2.37. The van der Waals surface area contributed by atoms with Crippen LogP contribution in [0.25, 0.3) is 0 Å². The zero-order valence-corrected chi connectivity index (χ0v) is 23.4. The van der Waals surface area contributed by atoms with Crippen LogP contribution in [0.2, 0.25) is 0 Å². The average Bonchev–Trinajstić information content (AvgIpc) is 2.95. The average molecular weight is 543 g/mol. The Morgan fingerprint density at radius 2 is 1.94 bits per heavy atom. The highest BCUT2D eigenvalue weighted by atomic mass is 32.2. The third-order valence-corrected chi connectivity index (χ3v) is 9.74. The predicted molar refractivity (Wildman–Crippen MR) is 142 cm³/mol. The summed E-state index contributed by atoms with van der Waals surface area (Å²) >= 11 is 1.38. The van der Waals surface area contributed by atoms with Gasteiger partial charge in [0.25, 0.3) is 0 Å². The largest absolute Gasteiger partial charge is 0.461 e. The van der Waals surface area contributed by atoms with Crippen LogP contribution in [-0.2, 0) is 19.6 Å². The van der Waals surface area contributed by atoms with Crippen molar-refractivity contribution in [2.75, 3.05) is 37.9 Å². The van der Waals surface area contributed by atoms with Crippen LogP contribution < -0.4 is 9.64 Å². The van der Waals surface area contributed by atoms with Gasteiger partial charge in [-0.15, -0.1) is 11.8 Å². The van der Waals surface area contributed by atoms with Gasteiger partial charge in [-0.25, -0.2) is 13.2 Å². The van der Waals surface area contributed by atoms with Crippen molar-refractivity contribution in [2.45, 2.75) is 81.0 Å². The first-order valence-electron chi connectivity index (χ1n) is 12.9. The summed E-state index contributed by atoms with van der Waals surface area (Å²) < 4.78 is 53.4. The number of hydrogen-bond donors (Lipinski definition) is 0. The first kappa shape index (κ1) is 28.8. The molecule has 36 heavy (non-hydrogen) atoms. The van der Waals surface area contributed by atoms with E-state index in [9.17, 15) is 17.6 Å². The summed E-state index contributed by atoms with van der Waals surface area (Å²) in [6, 6.07) is 3.16. The molecular weight excluding hydrogens is 503 g/mol. The van der Waals surface area contributed by atoms with Crippen molar-refractivity contribution >= 4 is 33.4 Å². The molecule has 0 radical (unpaired) electrons. The Bertz CT molecular complexity index is 1040. The molecule has 0 N–H and O–H groups in total. The van der Waals surface area contributed by atoms with E-state index in [0.29, 0.717) is 29.3 Å². The van der Waals surface area contributed by atoms with Crippen molar-refractivity contribution in [3.05, 3.63) is 24.2 Å². The number of esters is 1. The van der Waals surface area contributed by atoms with Gasteiger partial charge in [-0.1, -0.05) is 39.0 Å². The lowest BCUT2D eigenvalue weighted by Crippen LogP contribution is -2.43. The van der Waals surface area contributed by atoms with E-state index in [1.807, 2.05) is 12.3 Å². The molecule has 1 aromatic rings. The van der Waals surface area contributed by atoms with Crippen LogP contribution >= 0.6 is 11.8 Å². The molecule has 0 unspecified atom stereocenters. The summed E-state index contributed by atoms with van der Waals surface area (Å²) in [4.78, 5) is 14.7. The van der Waals surface area contributed by atoms with Gasteiger partial charge < -0.3 is 14.4 Å². The topological polar surface area (TPSA) is 76.1 Å². The van der Waals surface area contributed by atoms with Gasteiger partial charge in [0.15, 0.2) is 0 Å². The molecular formula is C26H39FN2O5S2. The summed E-state index contributed by atoms with van der Waals surface area (Å²) in [6.07, 6.45) is 11.2. The van der Waals surface area contributed by atoms with Gasteiger partial charge in [0, 0.05) is 32.2 Å². The van der Waals surface area contributed by atoms with Gasteiger partial charge in [0.2, 0.25) is 15.9 Å². The van der Waals surface area contributed by atoms with Crippen molar-refractivity contribution in [3.8, 4) is 5.75 Å². The van der Waals surface area contributed by atoms with Crippen LogP contribution in [0, 0.1) is 5.92 Å². The maximum absolute atomic E-state index is 14.1. The fraction of sp³-hybridized carbons (Fsp3) is 0.654. The summed E-state index contributed by atoms with van der Waals surface area (Å²) in [6.45, 7) is 5.17. The number of ether oxygens (including phenoxy) is 2. The summed E-state index contributed by atoms with van der Waals surface area (Å²) in [7, 11) is -2.18. The Balaban J connectivity index is 2.05. The van der Waals surface area contributed by atoms with E-state index in [0.717, 1.165) is 38.6 Å². The van der Waals surface area contributed by atoms with Gasteiger partial charge >= 0.3 is 5.97 Å². The molecule has 1 aliphatic carbocycles. The van der Waals surface area contributed by atoms with E-state index >= 15 is 0 Å². The quantitative estimate of drug-likeness (QED) is 0.161. The molecule has 1 saturated carbocycles. The molecule has 202 valence electrons. The minimum atomic E-state index is -3.83. The molecule has 0 spiro atoms. The number of hydrogen-bond acceptors (Lipinski definition) is 7.